The van der Waals surface area contributed by atoms with Gasteiger partial charge < -0.3 is 50.0 Å². The molecule has 0 amide bonds. The van der Waals surface area contributed by atoms with Crippen LogP contribution in [0.2, 0.25) is 0 Å². The molecule has 0 aromatic rings. The molecule has 0 radical (unpaired) electrons. The molecule has 11 nitrogen and oxygen atoms in total. The Hall–Kier alpha value is -1.15. The van der Waals surface area contributed by atoms with Crippen molar-refractivity contribution in [2.75, 3.05) is 6.61 Å². The van der Waals surface area contributed by atoms with Crippen molar-refractivity contribution < 1.29 is 54.8 Å². The number of carbonyl (C=O) groups excluding carboxylic acids is 1. The molecule has 7 N–H and O–H groups in total. The number of aliphatic hydroxyl groups is 7. The molecule has 6 fully saturated rings. The lowest BCUT2D eigenvalue weighted by molar-refractivity contribution is -0.226. The first-order valence-corrected chi connectivity index (χ1v) is 17.9. The van der Waals surface area contributed by atoms with E-state index in [9.17, 15) is 9.90 Å². The molecule has 2 saturated heterocycles. The fourth-order valence-electron chi connectivity index (χ4n) is 10.7. The molecule has 47 heavy (non-hydrogen) atoms. The molecule has 0 bridgehead atoms. The molecule has 11 heteroatoms. The van der Waals surface area contributed by atoms with Crippen molar-refractivity contribution in [1.29, 1.82) is 0 Å². The van der Waals surface area contributed by atoms with Crippen LogP contribution in [0.1, 0.15) is 105 Å². The van der Waals surface area contributed by atoms with Crippen LogP contribution in [-0.4, -0.2) is 103 Å². The first-order chi connectivity index (χ1) is 21.9. The van der Waals surface area contributed by atoms with E-state index in [0.29, 0.717) is 29.3 Å². The summed E-state index contributed by atoms with van der Waals surface area (Å²) in [6.45, 7) is 10.9. The number of ether oxygens (including phenoxy) is 3. The maximum atomic E-state index is 11.6. The number of hydrogen-bond donors (Lipinski definition) is 7. The summed E-state index contributed by atoms with van der Waals surface area (Å²) < 4.78 is 14.9. The van der Waals surface area contributed by atoms with E-state index in [1.807, 2.05) is 0 Å². The minimum atomic E-state index is -0.937. The van der Waals surface area contributed by atoms with Crippen LogP contribution in [0.15, 0.2) is 11.6 Å². The Bertz CT molecular complexity index is 1080. The molecule has 0 aromatic heterocycles. The average Bonchev–Trinajstić information content (AvgIpc) is 3.57. The van der Waals surface area contributed by atoms with E-state index in [0.717, 1.165) is 30.6 Å². The summed E-state index contributed by atoms with van der Waals surface area (Å²) in [5.41, 5.74) is 1.61. The second-order valence-electron chi connectivity index (χ2n) is 16.5. The molecule has 4 saturated carbocycles. The first kappa shape index (κ1) is 37.1. The number of fused-ring (bicyclic) bond motifs is 5. The van der Waals surface area contributed by atoms with Crippen molar-refractivity contribution in [2.24, 2.45) is 40.4 Å². The monoisotopic (exact) mass is 668 g/mol. The molecule has 4 aliphatic carbocycles. The SMILES string of the molecule is C[C@H]1OC(O)C[C@H](O)[C@@H]1O.C[C@H]1OC(O)C[C@H](O)[C@@H]1O.C[C@]1(O)CC[C@]2(C)C3CC[C@@]4(C)C(CC[C@@H]4C4=CC(=O)OC4)C3CC[C@@H]2C1. The zero-order valence-corrected chi connectivity index (χ0v) is 28.8. The van der Waals surface area contributed by atoms with Crippen LogP contribution in [0, 0.1) is 40.4 Å². The van der Waals surface area contributed by atoms with Crippen molar-refractivity contribution >= 4 is 5.97 Å². The topological polar surface area (TPSA) is 186 Å². The first-order valence-electron chi connectivity index (χ1n) is 17.9. The predicted octanol–water partition coefficient (Wildman–Crippen LogP) is 2.55. The van der Waals surface area contributed by atoms with E-state index >= 15 is 0 Å². The second kappa shape index (κ2) is 14.2. The average molecular weight is 669 g/mol. The van der Waals surface area contributed by atoms with Crippen molar-refractivity contribution in [3.05, 3.63) is 11.6 Å². The Morgan fingerprint density at radius 1 is 0.723 bits per heavy atom. The van der Waals surface area contributed by atoms with Gasteiger partial charge in [0, 0.05) is 18.9 Å². The third kappa shape index (κ3) is 7.64. The second-order valence-corrected chi connectivity index (χ2v) is 16.5. The number of carbonyl (C=O) groups is 1. The minimum Gasteiger partial charge on any atom is -0.458 e. The quantitative estimate of drug-likeness (QED) is 0.204. The van der Waals surface area contributed by atoms with Crippen LogP contribution < -0.4 is 0 Å². The van der Waals surface area contributed by atoms with Crippen molar-refractivity contribution in [2.45, 2.75) is 160 Å². The van der Waals surface area contributed by atoms with Gasteiger partial charge in [0.2, 0.25) is 0 Å². The van der Waals surface area contributed by atoms with Crippen LogP contribution in [0.3, 0.4) is 0 Å². The fraction of sp³-hybridized carbons (Fsp3) is 0.917. The highest BCUT2D eigenvalue weighted by Gasteiger charge is 2.61. The predicted molar refractivity (Wildman–Crippen MR) is 171 cm³/mol. The van der Waals surface area contributed by atoms with Gasteiger partial charge in [-0.1, -0.05) is 13.8 Å². The molecule has 3 heterocycles. The summed E-state index contributed by atoms with van der Waals surface area (Å²) in [5.74, 6) is 3.60. The lowest BCUT2D eigenvalue weighted by atomic mass is 9.44. The number of rotatable bonds is 1. The van der Waals surface area contributed by atoms with E-state index in [1.54, 1.807) is 19.9 Å². The summed E-state index contributed by atoms with van der Waals surface area (Å²) in [6, 6.07) is 0. The van der Waals surface area contributed by atoms with Crippen LogP contribution in [0.5, 0.6) is 0 Å². The third-order valence-corrected chi connectivity index (χ3v) is 13.5. The maximum Gasteiger partial charge on any atom is 0.331 e. The molecule has 7 rings (SSSR count). The molecular weight excluding hydrogens is 608 g/mol. The van der Waals surface area contributed by atoms with Gasteiger partial charge in [-0.15, -0.1) is 0 Å². The Kier molecular flexibility index (Phi) is 11.2. The Labute approximate surface area is 279 Å². The lowest BCUT2D eigenvalue weighted by Gasteiger charge is -2.62. The summed E-state index contributed by atoms with van der Waals surface area (Å²) in [4.78, 5) is 11.6. The van der Waals surface area contributed by atoms with Gasteiger partial charge in [0.05, 0.1) is 30.0 Å². The van der Waals surface area contributed by atoms with E-state index in [-0.39, 0.29) is 18.8 Å². The van der Waals surface area contributed by atoms with Crippen LogP contribution >= 0.6 is 0 Å². The van der Waals surface area contributed by atoms with E-state index in [2.05, 4.69) is 20.8 Å². The van der Waals surface area contributed by atoms with Gasteiger partial charge in [0.1, 0.15) is 18.8 Å². The molecule has 0 spiro atoms. The lowest BCUT2D eigenvalue weighted by Crippen LogP contribution is -2.55. The van der Waals surface area contributed by atoms with Gasteiger partial charge in [0.15, 0.2) is 12.6 Å². The van der Waals surface area contributed by atoms with E-state index < -0.39 is 54.8 Å². The zero-order chi connectivity index (χ0) is 34.5. The van der Waals surface area contributed by atoms with Gasteiger partial charge in [-0.3, -0.25) is 0 Å². The summed E-state index contributed by atoms with van der Waals surface area (Å²) in [6.07, 6.45) is 6.69. The molecule has 16 atom stereocenters. The zero-order valence-electron chi connectivity index (χ0n) is 28.8. The molecule has 0 aromatic carbocycles. The van der Waals surface area contributed by atoms with Crippen LogP contribution in [0.4, 0.5) is 0 Å². The van der Waals surface area contributed by atoms with E-state index in [1.165, 1.54) is 50.5 Å². The number of hydrogen-bond acceptors (Lipinski definition) is 11. The highest BCUT2D eigenvalue weighted by Crippen LogP contribution is 2.68. The van der Waals surface area contributed by atoms with Crippen molar-refractivity contribution in [3.63, 3.8) is 0 Å². The van der Waals surface area contributed by atoms with Gasteiger partial charge >= 0.3 is 5.97 Å². The Morgan fingerprint density at radius 2 is 1.30 bits per heavy atom. The fourth-order valence-corrected chi connectivity index (χ4v) is 10.7. The number of aliphatic hydroxyl groups excluding tert-OH is 6. The number of esters is 1. The summed E-state index contributed by atoms with van der Waals surface area (Å²) >= 11 is 0. The summed E-state index contributed by atoms with van der Waals surface area (Å²) in [5, 5.41) is 64.6. The maximum absolute atomic E-state index is 11.6. The van der Waals surface area contributed by atoms with Crippen LogP contribution in [-0.2, 0) is 19.0 Å². The smallest absolute Gasteiger partial charge is 0.331 e. The molecule has 7 aliphatic rings. The highest BCUT2D eigenvalue weighted by molar-refractivity contribution is 5.85. The minimum absolute atomic E-state index is 0.0888. The molecular formula is C36H60O11. The molecule has 270 valence electrons. The molecule has 5 unspecified atom stereocenters. The number of cyclic esters (lactones) is 1. The largest absolute Gasteiger partial charge is 0.458 e. The Balaban J connectivity index is 0.000000178. The van der Waals surface area contributed by atoms with Crippen molar-refractivity contribution in [1.82, 2.24) is 0 Å². The van der Waals surface area contributed by atoms with Gasteiger partial charge in [0.25, 0.3) is 0 Å². The molecule has 3 aliphatic heterocycles. The summed E-state index contributed by atoms with van der Waals surface area (Å²) in [7, 11) is 0. The normalized spacial score (nSPS) is 52.3. The van der Waals surface area contributed by atoms with E-state index in [4.69, 9.17) is 44.8 Å². The van der Waals surface area contributed by atoms with Crippen molar-refractivity contribution in [3.8, 4) is 0 Å². The van der Waals surface area contributed by atoms with Gasteiger partial charge in [-0.05, 0) is 125 Å². The van der Waals surface area contributed by atoms with Gasteiger partial charge in [-0.25, -0.2) is 4.79 Å². The Morgan fingerprint density at radius 3 is 1.83 bits per heavy atom. The third-order valence-electron chi connectivity index (χ3n) is 13.5. The van der Waals surface area contributed by atoms with Crippen LogP contribution in [0.25, 0.3) is 0 Å². The standard InChI is InChI=1S/C24H36O3.2C6H12O4/c1-22(26)10-11-23(2)16(13-22)4-5-17-19-7-6-18(15-12-21(25)27-14-15)24(19,3)9-8-20(17)23;2*1-3-6(9)4(7)2-5(8)10-3/h12,16-20,26H,4-11,13-14H2,1-3H3;2*3-9H,2H2,1H3/t16-,17?,18-,19?,20?,22+,23+,24-;2*3-,4+,5?,6-/m111/s1. The van der Waals surface area contributed by atoms with Gasteiger partial charge in [-0.2, -0.15) is 0 Å². The highest BCUT2D eigenvalue weighted by atomic mass is 16.6.